The molecule has 0 amide bonds. The van der Waals surface area contributed by atoms with E-state index in [0.29, 0.717) is 17.0 Å². The minimum Gasteiger partial charge on any atom is -0.443 e. The van der Waals surface area contributed by atoms with Crippen LogP contribution in [0.3, 0.4) is 0 Å². The van der Waals surface area contributed by atoms with Crippen LogP contribution in [0, 0.1) is 11.3 Å². The number of esters is 1. The van der Waals surface area contributed by atoms with E-state index in [2.05, 4.69) is 0 Å². The molecule has 1 aromatic rings. The summed E-state index contributed by atoms with van der Waals surface area (Å²) in [5, 5.41) is 9.02. The maximum Gasteiger partial charge on any atom is 0.341 e. The van der Waals surface area contributed by atoms with Crippen molar-refractivity contribution >= 4 is 17.6 Å². The van der Waals surface area contributed by atoms with Gasteiger partial charge in [0.2, 0.25) is 0 Å². The molecule has 1 heterocycles. The highest BCUT2D eigenvalue weighted by molar-refractivity contribution is 6.33. The first-order chi connectivity index (χ1) is 6.72. The number of hydrogen-bond acceptors (Lipinski definition) is 3. The molecule has 2 rings (SSSR count). The van der Waals surface area contributed by atoms with E-state index in [-0.39, 0.29) is 0 Å². The molecule has 70 valence electrons. The Kier molecular flexibility index (Phi) is 2.14. The van der Waals surface area contributed by atoms with Crippen LogP contribution in [0.2, 0.25) is 5.02 Å². The molecule has 14 heavy (non-hydrogen) atoms. The third kappa shape index (κ3) is 1.34. The lowest BCUT2D eigenvalue weighted by molar-refractivity contribution is 0.0371. The standard InChI is InChI=1S/C10H6ClNO2/c11-8-3-1-2-6-4-7(5-12)14-10(13)9(6)8/h1-3,7H,4H2. The summed E-state index contributed by atoms with van der Waals surface area (Å²) < 4.78 is 4.86. The zero-order valence-corrected chi connectivity index (χ0v) is 7.91. The fraction of sp³-hybridized carbons (Fsp3) is 0.200. The Hall–Kier alpha value is -1.53. The SMILES string of the molecule is N#CC1Cc2cccc(Cl)c2C(=O)O1. The number of halogens is 1. The first-order valence-electron chi connectivity index (χ1n) is 4.10. The minimum absolute atomic E-state index is 0.379. The van der Waals surface area contributed by atoms with Gasteiger partial charge in [-0.3, -0.25) is 0 Å². The summed E-state index contributed by atoms with van der Waals surface area (Å²) in [6, 6.07) is 7.08. The molecule has 0 aromatic heterocycles. The normalized spacial score (nSPS) is 19.4. The van der Waals surface area contributed by atoms with Crippen LogP contribution in [0.4, 0.5) is 0 Å². The zero-order valence-electron chi connectivity index (χ0n) is 7.16. The zero-order chi connectivity index (χ0) is 10.1. The molecule has 1 aromatic carbocycles. The molecule has 1 aliphatic rings. The Morgan fingerprint density at radius 1 is 1.57 bits per heavy atom. The van der Waals surface area contributed by atoms with E-state index < -0.39 is 12.1 Å². The minimum atomic E-state index is -0.687. The van der Waals surface area contributed by atoms with Gasteiger partial charge in [-0.25, -0.2) is 4.79 Å². The van der Waals surface area contributed by atoms with Crippen molar-refractivity contribution in [1.82, 2.24) is 0 Å². The summed E-state index contributed by atoms with van der Waals surface area (Å²) in [4.78, 5) is 11.4. The average molecular weight is 208 g/mol. The van der Waals surface area contributed by atoms with Gasteiger partial charge in [0.15, 0.2) is 6.10 Å². The van der Waals surface area contributed by atoms with E-state index in [4.69, 9.17) is 21.6 Å². The number of carbonyl (C=O) groups is 1. The average Bonchev–Trinajstić information content (AvgIpc) is 2.17. The number of nitrogens with zero attached hydrogens (tertiary/aromatic N) is 1. The fourth-order valence-corrected chi connectivity index (χ4v) is 1.74. The predicted molar refractivity (Wildman–Crippen MR) is 50.0 cm³/mol. The summed E-state index contributed by atoms with van der Waals surface area (Å²) >= 11 is 5.84. The summed E-state index contributed by atoms with van der Waals surface area (Å²) in [6.07, 6.45) is -0.272. The number of cyclic esters (lactones) is 1. The quantitative estimate of drug-likeness (QED) is 0.611. The monoisotopic (exact) mass is 207 g/mol. The summed E-state index contributed by atoms with van der Waals surface area (Å²) in [5.41, 5.74) is 1.17. The van der Waals surface area contributed by atoms with Crippen molar-refractivity contribution in [2.24, 2.45) is 0 Å². The van der Waals surface area contributed by atoms with E-state index in [1.807, 2.05) is 6.07 Å². The van der Waals surface area contributed by atoms with E-state index >= 15 is 0 Å². The Balaban J connectivity index is 2.51. The van der Waals surface area contributed by atoms with Gasteiger partial charge in [-0.1, -0.05) is 23.7 Å². The number of ether oxygens (including phenoxy) is 1. The molecule has 0 bridgehead atoms. The second kappa shape index (κ2) is 3.32. The van der Waals surface area contributed by atoms with Gasteiger partial charge >= 0.3 is 5.97 Å². The molecule has 3 nitrogen and oxygen atoms in total. The van der Waals surface area contributed by atoms with Gasteiger partial charge in [0.25, 0.3) is 0 Å². The Labute approximate surface area is 85.9 Å². The topological polar surface area (TPSA) is 50.1 Å². The fourth-order valence-electron chi connectivity index (χ4n) is 1.47. The molecule has 0 saturated heterocycles. The smallest absolute Gasteiger partial charge is 0.341 e. The van der Waals surface area contributed by atoms with E-state index in [1.54, 1.807) is 18.2 Å². The third-order valence-corrected chi connectivity index (χ3v) is 2.42. The molecule has 0 N–H and O–H groups in total. The highest BCUT2D eigenvalue weighted by Gasteiger charge is 2.27. The highest BCUT2D eigenvalue weighted by Crippen LogP contribution is 2.26. The number of nitriles is 1. The molecule has 0 saturated carbocycles. The van der Waals surface area contributed by atoms with Crippen molar-refractivity contribution in [2.75, 3.05) is 0 Å². The number of hydrogen-bond donors (Lipinski definition) is 0. The number of carbonyl (C=O) groups excluding carboxylic acids is 1. The summed E-state index contributed by atoms with van der Waals surface area (Å²) in [5.74, 6) is -0.511. The first-order valence-corrected chi connectivity index (χ1v) is 4.48. The van der Waals surface area contributed by atoms with Gasteiger partial charge in [-0.05, 0) is 11.6 Å². The largest absolute Gasteiger partial charge is 0.443 e. The molecule has 1 unspecified atom stereocenters. The lowest BCUT2D eigenvalue weighted by Crippen LogP contribution is -2.26. The molecule has 1 aliphatic heterocycles. The maximum absolute atomic E-state index is 11.4. The highest BCUT2D eigenvalue weighted by atomic mass is 35.5. The second-order valence-electron chi connectivity index (χ2n) is 3.00. The van der Waals surface area contributed by atoms with Gasteiger partial charge in [0.1, 0.15) is 6.07 Å². The van der Waals surface area contributed by atoms with Crippen molar-refractivity contribution in [3.63, 3.8) is 0 Å². The molecule has 1 atom stereocenters. The van der Waals surface area contributed by atoms with Crippen molar-refractivity contribution in [2.45, 2.75) is 12.5 Å². The van der Waals surface area contributed by atoms with Gasteiger partial charge in [-0.2, -0.15) is 5.26 Å². The molecule has 0 spiro atoms. The first kappa shape index (κ1) is 9.04. The Morgan fingerprint density at radius 3 is 3.07 bits per heavy atom. The van der Waals surface area contributed by atoms with E-state index in [1.165, 1.54) is 0 Å². The van der Waals surface area contributed by atoms with Crippen LogP contribution in [0.25, 0.3) is 0 Å². The second-order valence-corrected chi connectivity index (χ2v) is 3.41. The molecular weight excluding hydrogens is 202 g/mol. The van der Waals surface area contributed by atoms with Crippen molar-refractivity contribution in [1.29, 1.82) is 5.26 Å². The van der Waals surface area contributed by atoms with Crippen LogP contribution >= 0.6 is 11.6 Å². The number of fused-ring (bicyclic) bond motifs is 1. The summed E-state index contributed by atoms with van der Waals surface area (Å²) in [6.45, 7) is 0. The van der Waals surface area contributed by atoms with Gasteiger partial charge in [0.05, 0.1) is 10.6 Å². The lowest BCUT2D eigenvalue weighted by atomic mass is 9.99. The number of benzene rings is 1. The molecule has 0 fully saturated rings. The van der Waals surface area contributed by atoms with Crippen LogP contribution in [-0.2, 0) is 11.2 Å². The number of rotatable bonds is 0. The Bertz CT molecular complexity index is 436. The maximum atomic E-state index is 11.4. The van der Waals surface area contributed by atoms with Crippen LogP contribution < -0.4 is 0 Å². The van der Waals surface area contributed by atoms with Crippen LogP contribution in [0.5, 0.6) is 0 Å². The molecule has 0 radical (unpaired) electrons. The van der Waals surface area contributed by atoms with Crippen LogP contribution in [0.15, 0.2) is 18.2 Å². The van der Waals surface area contributed by atoms with Crippen LogP contribution in [-0.4, -0.2) is 12.1 Å². The van der Waals surface area contributed by atoms with E-state index in [9.17, 15) is 4.79 Å². The van der Waals surface area contributed by atoms with Crippen molar-refractivity contribution in [3.8, 4) is 6.07 Å². The predicted octanol–water partition coefficient (Wildman–Crippen LogP) is 1.95. The summed E-state index contributed by atoms with van der Waals surface area (Å²) in [7, 11) is 0. The lowest BCUT2D eigenvalue weighted by Gasteiger charge is -2.20. The van der Waals surface area contributed by atoms with E-state index in [0.717, 1.165) is 5.56 Å². The Morgan fingerprint density at radius 2 is 2.36 bits per heavy atom. The van der Waals surface area contributed by atoms with Crippen molar-refractivity contribution in [3.05, 3.63) is 34.3 Å². The third-order valence-electron chi connectivity index (χ3n) is 2.10. The molecular formula is C10H6ClNO2. The molecule has 4 heteroatoms. The van der Waals surface area contributed by atoms with Gasteiger partial charge in [-0.15, -0.1) is 0 Å². The van der Waals surface area contributed by atoms with Gasteiger partial charge < -0.3 is 4.74 Å². The van der Waals surface area contributed by atoms with Gasteiger partial charge in [0, 0.05) is 6.42 Å². The van der Waals surface area contributed by atoms with Crippen molar-refractivity contribution < 1.29 is 9.53 Å². The van der Waals surface area contributed by atoms with Crippen LogP contribution in [0.1, 0.15) is 15.9 Å². The molecule has 0 aliphatic carbocycles.